The highest BCUT2D eigenvalue weighted by molar-refractivity contribution is 5.49. The van der Waals surface area contributed by atoms with E-state index < -0.39 is 0 Å². The highest BCUT2D eigenvalue weighted by atomic mass is 14.8. The number of aryl methyl sites for hydroxylation is 1. The molecule has 90 valence electrons. The van der Waals surface area contributed by atoms with Crippen molar-refractivity contribution in [3.63, 3.8) is 0 Å². The summed E-state index contributed by atoms with van der Waals surface area (Å²) >= 11 is 0. The molecule has 16 heavy (non-hydrogen) atoms. The van der Waals surface area contributed by atoms with Crippen LogP contribution < -0.4 is 5.32 Å². The molecule has 0 aliphatic carbocycles. The lowest BCUT2D eigenvalue weighted by Gasteiger charge is -2.01. The van der Waals surface area contributed by atoms with Crippen molar-refractivity contribution in [2.45, 2.75) is 26.7 Å². The number of rotatable bonds is 3. The van der Waals surface area contributed by atoms with Crippen molar-refractivity contribution in [3.05, 3.63) is 55.6 Å². The van der Waals surface area contributed by atoms with Crippen molar-refractivity contribution in [3.8, 4) is 0 Å². The summed E-state index contributed by atoms with van der Waals surface area (Å²) in [5.41, 5.74) is 2.50. The molecule has 0 spiro atoms. The second-order valence-corrected chi connectivity index (χ2v) is 3.14. The molecule has 1 heteroatoms. The molecule has 0 fully saturated rings. The van der Waals surface area contributed by atoms with Gasteiger partial charge in [0.1, 0.15) is 0 Å². The van der Waals surface area contributed by atoms with Gasteiger partial charge in [-0.1, -0.05) is 37.6 Å². The number of unbranched alkanes of at least 4 members (excludes halogenated alkanes) is 1. The zero-order valence-corrected chi connectivity index (χ0v) is 10.9. The topological polar surface area (TPSA) is 12.0 Å². The van der Waals surface area contributed by atoms with Crippen molar-refractivity contribution >= 4 is 5.69 Å². The Hall–Kier alpha value is -1.50. The molecule has 0 heterocycles. The van der Waals surface area contributed by atoms with Gasteiger partial charge in [0.15, 0.2) is 0 Å². The van der Waals surface area contributed by atoms with Crippen molar-refractivity contribution in [1.29, 1.82) is 0 Å². The first-order valence-corrected chi connectivity index (χ1v) is 5.60. The summed E-state index contributed by atoms with van der Waals surface area (Å²) in [4.78, 5) is 0. The summed E-state index contributed by atoms with van der Waals surface area (Å²) in [7, 11) is 1.93. The second-order valence-electron chi connectivity index (χ2n) is 3.14. The van der Waals surface area contributed by atoms with E-state index in [9.17, 15) is 0 Å². The van der Waals surface area contributed by atoms with E-state index in [0.717, 1.165) is 6.42 Å². The first kappa shape index (κ1) is 16.9. The van der Waals surface area contributed by atoms with E-state index in [-0.39, 0.29) is 0 Å². The Morgan fingerprint density at radius 1 is 1.25 bits per heavy atom. The van der Waals surface area contributed by atoms with Gasteiger partial charge in [0.2, 0.25) is 0 Å². The van der Waals surface area contributed by atoms with Gasteiger partial charge < -0.3 is 5.32 Å². The molecular formula is C15H25N. The number of para-hydroxylation sites is 1. The van der Waals surface area contributed by atoms with Crippen LogP contribution in [0.15, 0.2) is 50.1 Å². The lowest BCUT2D eigenvalue weighted by molar-refractivity contribution is 0.961. The second kappa shape index (κ2) is 13.5. The quantitative estimate of drug-likeness (QED) is 0.719. The lowest BCUT2D eigenvalue weighted by Crippen LogP contribution is -1.89. The van der Waals surface area contributed by atoms with E-state index in [0.29, 0.717) is 0 Å². The van der Waals surface area contributed by atoms with Crippen LogP contribution in [-0.2, 0) is 0 Å². The van der Waals surface area contributed by atoms with Gasteiger partial charge in [-0.2, -0.15) is 0 Å². The molecule has 1 aromatic carbocycles. The minimum Gasteiger partial charge on any atom is -0.388 e. The minimum absolute atomic E-state index is 1.15. The third-order valence-corrected chi connectivity index (χ3v) is 1.91. The molecule has 0 atom stereocenters. The van der Waals surface area contributed by atoms with E-state index in [1.54, 1.807) is 0 Å². The first-order chi connectivity index (χ1) is 7.76. The maximum atomic E-state index is 3.55. The Kier molecular flexibility index (Phi) is 14.3. The maximum absolute atomic E-state index is 3.55. The van der Waals surface area contributed by atoms with E-state index in [1.165, 1.54) is 17.7 Å². The Morgan fingerprint density at radius 2 is 1.81 bits per heavy atom. The third kappa shape index (κ3) is 9.07. The molecule has 0 aliphatic rings. The number of benzene rings is 1. The van der Waals surface area contributed by atoms with Crippen LogP contribution in [0.5, 0.6) is 0 Å². The molecule has 0 bridgehead atoms. The molecule has 1 nitrogen and oxygen atoms in total. The van der Waals surface area contributed by atoms with Crippen LogP contribution in [-0.4, -0.2) is 7.05 Å². The van der Waals surface area contributed by atoms with Crippen LogP contribution in [0, 0.1) is 6.92 Å². The Morgan fingerprint density at radius 3 is 2.06 bits per heavy atom. The highest BCUT2D eigenvalue weighted by Gasteiger charge is 1.88. The summed E-state index contributed by atoms with van der Waals surface area (Å²) in [6.45, 7) is 13.8. The first-order valence-electron chi connectivity index (χ1n) is 5.60. The molecule has 0 saturated heterocycles. The van der Waals surface area contributed by atoms with Gasteiger partial charge >= 0.3 is 0 Å². The van der Waals surface area contributed by atoms with Crippen molar-refractivity contribution in [2.75, 3.05) is 12.4 Å². The van der Waals surface area contributed by atoms with E-state index in [1.807, 2.05) is 25.3 Å². The van der Waals surface area contributed by atoms with Gasteiger partial charge in [0, 0.05) is 12.7 Å². The average Bonchev–Trinajstić information content (AvgIpc) is 2.34. The zero-order chi connectivity index (χ0) is 12.8. The molecule has 0 aliphatic heterocycles. The maximum Gasteiger partial charge on any atom is 0.0367 e. The van der Waals surface area contributed by atoms with Gasteiger partial charge in [0.25, 0.3) is 0 Å². The van der Waals surface area contributed by atoms with Crippen LogP contribution in [0.2, 0.25) is 0 Å². The molecule has 1 rings (SSSR count). The molecule has 1 N–H and O–H groups in total. The van der Waals surface area contributed by atoms with Gasteiger partial charge in [-0.05, 0) is 25.0 Å². The summed E-state index contributed by atoms with van der Waals surface area (Å²) in [5, 5.41) is 3.10. The van der Waals surface area contributed by atoms with Crippen LogP contribution in [0.1, 0.15) is 25.3 Å². The van der Waals surface area contributed by atoms with Crippen LogP contribution in [0.3, 0.4) is 0 Å². The average molecular weight is 219 g/mol. The Labute approximate surface area is 101 Å². The van der Waals surface area contributed by atoms with Gasteiger partial charge in [-0.15, -0.1) is 19.7 Å². The molecule has 0 radical (unpaired) electrons. The number of hydrogen-bond donors (Lipinski definition) is 1. The lowest BCUT2D eigenvalue weighted by atomic mass is 10.2. The summed E-state index contributed by atoms with van der Waals surface area (Å²) in [6.07, 6.45) is 4.31. The van der Waals surface area contributed by atoms with Crippen molar-refractivity contribution < 1.29 is 0 Å². The molecule has 1 aromatic rings. The van der Waals surface area contributed by atoms with E-state index in [4.69, 9.17) is 0 Å². The Bertz CT molecular complexity index is 266. The summed E-state index contributed by atoms with van der Waals surface area (Å²) in [6, 6.07) is 8.22. The van der Waals surface area contributed by atoms with E-state index in [2.05, 4.69) is 51.0 Å². The van der Waals surface area contributed by atoms with Crippen LogP contribution in [0.25, 0.3) is 0 Å². The third-order valence-electron chi connectivity index (χ3n) is 1.91. The molecule has 0 unspecified atom stereocenters. The van der Waals surface area contributed by atoms with Gasteiger partial charge in [-0.25, -0.2) is 0 Å². The number of allylic oxidation sites excluding steroid dienone is 1. The molecule has 0 aromatic heterocycles. The standard InChI is InChI=1S/C8H11N.C5H10.C2H4/c1-7-5-3-4-6-8(7)9-2;1-3-5-4-2;1-2/h3-6,9H,1-2H3;3H,1,4-5H2,2H3;1-2H2. The minimum atomic E-state index is 1.15. The predicted molar refractivity (Wildman–Crippen MR) is 77.1 cm³/mol. The SMILES string of the molecule is C=C.C=CCCC.CNc1ccccc1C. The number of nitrogens with one attached hydrogen (secondary N) is 1. The fourth-order valence-electron chi connectivity index (χ4n) is 1.06. The van der Waals surface area contributed by atoms with Crippen molar-refractivity contribution in [2.24, 2.45) is 0 Å². The number of hydrogen-bond acceptors (Lipinski definition) is 1. The zero-order valence-electron chi connectivity index (χ0n) is 10.9. The smallest absolute Gasteiger partial charge is 0.0367 e. The fourth-order valence-corrected chi connectivity index (χ4v) is 1.06. The largest absolute Gasteiger partial charge is 0.388 e. The van der Waals surface area contributed by atoms with Crippen molar-refractivity contribution in [1.82, 2.24) is 0 Å². The highest BCUT2D eigenvalue weighted by Crippen LogP contribution is 2.10. The number of anilines is 1. The van der Waals surface area contributed by atoms with Gasteiger partial charge in [0.05, 0.1) is 0 Å². The normalized spacial score (nSPS) is 7.69. The van der Waals surface area contributed by atoms with Crippen LogP contribution in [0.4, 0.5) is 5.69 Å². The van der Waals surface area contributed by atoms with E-state index >= 15 is 0 Å². The summed E-state index contributed by atoms with van der Waals surface area (Å²) < 4.78 is 0. The Balaban J connectivity index is 0. The molecular weight excluding hydrogens is 194 g/mol. The monoisotopic (exact) mass is 219 g/mol. The van der Waals surface area contributed by atoms with Gasteiger partial charge in [-0.3, -0.25) is 0 Å². The fraction of sp³-hybridized carbons (Fsp3) is 0.333. The molecule has 0 amide bonds. The predicted octanol–water partition coefficient (Wildman–Crippen LogP) is 4.81. The summed E-state index contributed by atoms with van der Waals surface area (Å²) in [5.74, 6) is 0. The van der Waals surface area contributed by atoms with Crippen LogP contribution >= 0.6 is 0 Å². The molecule has 0 saturated carbocycles.